The first-order chi connectivity index (χ1) is 12.6. The Morgan fingerprint density at radius 2 is 2.15 bits per heavy atom. The number of rotatable bonds is 8. The summed E-state index contributed by atoms with van der Waals surface area (Å²) >= 11 is 1.57. The smallest absolute Gasteiger partial charge is 0.244 e. The molecule has 0 saturated heterocycles. The van der Waals surface area contributed by atoms with E-state index < -0.39 is 0 Å². The fraction of sp³-hybridized carbons (Fsp3) is 0.211. The van der Waals surface area contributed by atoms with Crippen LogP contribution in [0.4, 0.5) is 0 Å². The molecule has 0 bridgehead atoms. The summed E-state index contributed by atoms with van der Waals surface area (Å²) in [4.78, 5) is 27.6. The lowest BCUT2D eigenvalue weighted by Gasteiger charge is -2.08. The van der Waals surface area contributed by atoms with Crippen LogP contribution in [0.5, 0.6) is 5.75 Å². The summed E-state index contributed by atoms with van der Waals surface area (Å²) in [5, 5.41) is 7.89. The van der Waals surface area contributed by atoms with E-state index in [4.69, 9.17) is 11.2 Å². The zero-order chi connectivity index (χ0) is 18.8. The first-order valence-electron chi connectivity index (χ1n) is 7.87. The molecule has 1 heterocycles. The highest BCUT2D eigenvalue weighted by Gasteiger charge is 2.05. The quantitative estimate of drug-likeness (QED) is 0.550. The molecule has 0 saturated carbocycles. The van der Waals surface area contributed by atoms with Crippen LogP contribution in [0.25, 0.3) is 6.08 Å². The molecular formula is C19H19N3O3S. The molecule has 0 atom stereocenters. The lowest BCUT2D eigenvalue weighted by molar-refractivity contribution is -0.123. The Morgan fingerprint density at radius 3 is 2.88 bits per heavy atom. The first kappa shape index (κ1) is 19.2. The van der Waals surface area contributed by atoms with Gasteiger partial charge in [-0.05, 0) is 19.1 Å². The monoisotopic (exact) mass is 369 g/mol. The summed E-state index contributed by atoms with van der Waals surface area (Å²) in [5.74, 6) is 2.21. The van der Waals surface area contributed by atoms with Gasteiger partial charge in [0.25, 0.3) is 0 Å². The Morgan fingerprint density at radius 1 is 1.35 bits per heavy atom. The Kier molecular flexibility index (Phi) is 7.40. The predicted octanol–water partition coefficient (Wildman–Crippen LogP) is 1.91. The van der Waals surface area contributed by atoms with Gasteiger partial charge in [0, 0.05) is 17.0 Å². The number of para-hydroxylation sites is 1. The van der Waals surface area contributed by atoms with E-state index in [1.165, 1.54) is 6.08 Å². The normalized spacial score (nSPS) is 10.3. The highest BCUT2D eigenvalue weighted by Crippen LogP contribution is 2.21. The van der Waals surface area contributed by atoms with E-state index in [1.807, 2.05) is 36.6 Å². The van der Waals surface area contributed by atoms with Gasteiger partial charge in [-0.3, -0.25) is 9.59 Å². The minimum absolute atomic E-state index is 0.133. The third-order valence-corrected chi connectivity index (χ3v) is 4.01. The number of carbonyl (C=O) groups is 2. The largest absolute Gasteiger partial charge is 0.487 e. The number of benzene rings is 1. The van der Waals surface area contributed by atoms with Gasteiger partial charge in [0.1, 0.15) is 12.4 Å². The third kappa shape index (κ3) is 6.42. The van der Waals surface area contributed by atoms with Crippen LogP contribution in [0.2, 0.25) is 0 Å². The van der Waals surface area contributed by atoms with Crippen LogP contribution in [-0.4, -0.2) is 29.9 Å². The van der Waals surface area contributed by atoms with Crippen molar-refractivity contribution in [3.8, 4) is 18.1 Å². The molecule has 1 aromatic carbocycles. The maximum Gasteiger partial charge on any atom is 0.244 e. The summed E-state index contributed by atoms with van der Waals surface area (Å²) in [7, 11) is 0. The van der Waals surface area contributed by atoms with Gasteiger partial charge in [-0.15, -0.1) is 17.8 Å². The van der Waals surface area contributed by atoms with E-state index in [0.29, 0.717) is 12.4 Å². The van der Waals surface area contributed by atoms with Crippen molar-refractivity contribution in [2.75, 3.05) is 13.1 Å². The molecule has 2 aromatic rings. The minimum atomic E-state index is -0.384. The fourth-order valence-electron chi connectivity index (χ4n) is 1.98. The van der Waals surface area contributed by atoms with Gasteiger partial charge in [0.2, 0.25) is 11.8 Å². The summed E-state index contributed by atoms with van der Waals surface area (Å²) in [6.45, 7) is 2.30. The van der Waals surface area contributed by atoms with Gasteiger partial charge in [-0.2, -0.15) is 0 Å². The highest BCUT2D eigenvalue weighted by molar-refractivity contribution is 7.09. The SMILES string of the molecule is C#CCNC(=O)CNC(=O)/C=C/c1ccccc1OCc1csc(C)n1. The number of aromatic nitrogens is 1. The van der Waals surface area contributed by atoms with Crippen LogP contribution < -0.4 is 15.4 Å². The van der Waals surface area contributed by atoms with Crippen LogP contribution >= 0.6 is 11.3 Å². The van der Waals surface area contributed by atoms with Crippen molar-refractivity contribution in [2.45, 2.75) is 13.5 Å². The molecule has 0 aliphatic rings. The number of hydrogen-bond donors (Lipinski definition) is 2. The Balaban J connectivity index is 1.90. The van der Waals surface area contributed by atoms with Crippen molar-refractivity contribution in [3.63, 3.8) is 0 Å². The molecule has 2 amide bonds. The van der Waals surface area contributed by atoms with Gasteiger partial charge >= 0.3 is 0 Å². The van der Waals surface area contributed by atoms with E-state index in [0.717, 1.165) is 16.3 Å². The standard InChI is InChI=1S/C19H19N3O3S/c1-3-10-20-19(24)11-21-18(23)9-8-15-6-4-5-7-17(15)25-12-16-13-26-14(2)22-16/h1,4-9,13H,10-12H2,2H3,(H,20,24)(H,21,23)/b9-8+. The van der Waals surface area contributed by atoms with Crippen LogP contribution in [-0.2, 0) is 16.2 Å². The Hall–Kier alpha value is -3.11. The minimum Gasteiger partial charge on any atom is -0.487 e. The van der Waals surface area contributed by atoms with Crippen LogP contribution in [0.3, 0.4) is 0 Å². The summed E-state index contributed by atoms with van der Waals surface area (Å²) in [6, 6.07) is 7.37. The molecular weight excluding hydrogens is 350 g/mol. The average Bonchev–Trinajstić information content (AvgIpc) is 3.07. The first-order valence-corrected chi connectivity index (χ1v) is 8.75. The Bertz CT molecular complexity index is 837. The molecule has 7 heteroatoms. The molecule has 26 heavy (non-hydrogen) atoms. The predicted molar refractivity (Wildman–Crippen MR) is 102 cm³/mol. The molecule has 1 aromatic heterocycles. The molecule has 134 valence electrons. The topological polar surface area (TPSA) is 80.3 Å². The van der Waals surface area contributed by atoms with Crippen molar-refractivity contribution in [2.24, 2.45) is 0 Å². The molecule has 0 unspecified atom stereocenters. The third-order valence-electron chi connectivity index (χ3n) is 3.19. The number of terminal acetylenes is 1. The molecule has 0 aliphatic carbocycles. The van der Waals surface area contributed by atoms with E-state index >= 15 is 0 Å². The Labute approximate surface area is 156 Å². The molecule has 0 spiro atoms. The summed E-state index contributed by atoms with van der Waals surface area (Å²) < 4.78 is 5.79. The number of nitrogens with one attached hydrogen (secondary N) is 2. The van der Waals surface area contributed by atoms with E-state index in [2.05, 4.69) is 21.5 Å². The molecule has 0 fully saturated rings. The van der Waals surface area contributed by atoms with Gasteiger partial charge in [0.15, 0.2) is 0 Å². The zero-order valence-electron chi connectivity index (χ0n) is 14.3. The van der Waals surface area contributed by atoms with Gasteiger partial charge in [0.05, 0.1) is 23.8 Å². The maximum absolute atomic E-state index is 11.8. The number of amides is 2. The second-order valence-electron chi connectivity index (χ2n) is 5.22. The number of carbonyl (C=O) groups excluding carboxylic acids is 2. The summed E-state index contributed by atoms with van der Waals surface area (Å²) in [6.07, 6.45) is 8.03. The average molecular weight is 369 g/mol. The molecule has 0 radical (unpaired) electrons. The van der Waals surface area contributed by atoms with Crippen molar-refractivity contribution < 1.29 is 14.3 Å². The molecule has 0 aliphatic heterocycles. The highest BCUT2D eigenvalue weighted by atomic mass is 32.1. The second kappa shape index (κ2) is 10.0. The number of aryl methyl sites for hydroxylation is 1. The molecule has 6 nitrogen and oxygen atoms in total. The molecule has 2 rings (SSSR count). The zero-order valence-corrected chi connectivity index (χ0v) is 15.1. The lowest BCUT2D eigenvalue weighted by atomic mass is 10.2. The van der Waals surface area contributed by atoms with Crippen LogP contribution in [0.1, 0.15) is 16.3 Å². The van der Waals surface area contributed by atoms with E-state index in [9.17, 15) is 9.59 Å². The number of nitrogens with zero attached hydrogens (tertiary/aromatic N) is 1. The fourth-order valence-corrected chi connectivity index (χ4v) is 2.58. The van der Waals surface area contributed by atoms with Crippen molar-refractivity contribution >= 4 is 29.2 Å². The second-order valence-corrected chi connectivity index (χ2v) is 6.28. The van der Waals surface area contributed by atoms with Gasteiger partial charge in [-0.25, -0.2) is 4.98 Å². The number of thiazole rings is 1. The van der Waals surface area contributed by atoms with Crippen molar-refractivity contribution in [3.05, 3.63) is 52.0 Å². The van der Waals surface area contributed by atoms with E-state index in [1.54, 1.807) is 17.4 Å². The molecule has 2 N–H and O–H groups in total. The van der Waals surface area contributed by atoms with Gasteiger partial charge in [-0.1, -0.05) is 24.1 Å². The maximum atomic E-state index is 11.8. The van der Waals surface area contributed by atoms with Crippen molar-refractivity contribution in [1.82, 2.24) is 15.6 Å². The van der Waals surface area contributed by atoms with Crippen LogP contribution in [0.15, 0.2) is 35.7 Å². The van der Waals surface area contributed by atoms with Gasteiger partial charge < -0.3 is 15.4 Å². The van der Waals surface area contributed by atoms with E-state index in [-0.39, 0.29) is 24.9 Å². The number of ether oxygens (including phenoxy) is 1. The lowest BCUT2D eigenvalue weighted by Crippen LogP contribution is -2.36. The van der Waals surface area contributed by atoms with Crippen LogP contribution in [0, 0.1) is 19.3 Å². The number of hydrogen-bond acceptors (Lipinski definition) is 5. The summed E-state index contributed by atoms with van der Waals surface area (Å²) in [5.41, 5.74) is 1.62. The van der Waals surface area contributed by atoms with Crippen molar-refractivity contribution in [1.29, 1.82) is 0 Å².